The maximum Gasteiger partial charge on any atom is 0.257 e. The first-order valence-corrected chi connectivity index (χ1v) is 7.70. The lowest BCUT2D eigenvalue weighted by molar-refractivity contribution is 0.445. The first-order chi connectivity index (χ1) is 9.97. The van der Waals surface area contributed by atoms with Crippen LogP contribution in [0.2, 0.25) is 10.2 Å². The Morgan fingerprint density at radius 2 is 1.76 bits per heavy atom. The van der Waals surface area contributed by atoms with Crippen molar-refractivity contribution in [2.45, 2.75) is 39.5 Å². The number of ether oxygens (including phenoxy) is 1. The van der Waals surface area contributed by atoms with Crippen LogP contribution in [-0.4, -0.2) is 10.2 Å². The molecule has 5 heteroatoms. The van der Waals surface area contributed by atoms with Crippen molar-refractivity contribution in [2.75, 3.05) is 0 Å². The summed E-state index contributed by atoms with van der Waals surface area (Å²) < 4.78 is 6.02. The topological polar surface area (TPSA) is 35.0 Å². The second-order valence-electron chi connectivity index (χ2n) is 5.57. The normalized spacial score (nSPS) is 14.3. The fourth-order valence-electron chi connectivity index (χ4n) is 2.58. The molecule has 3 nitrogen and oxygen atoms in total. The molecule has 1 aromatic heterocycles. The van der Waals surface area contributed by atoms with Crippen molar-refractivity contribution in [3.05, 3.63) is 44.6 Å². The first-order valence-electron chi connectivity index (χ1n) is 6.94. The fraction of sp³-hybridized carbons (Fsp3) is 0.375. The predicted octanol–water partition coefficient (Wildman–Crippen LogP) is 5.38. The lowest BCUT2D eigenvalue weighted by atomic mass is 9.96. The number of hydrogen-bond donors (Lipinski definition) is 0. The largest absolute Gasteiger partial charge is 0.436 e. The molecule has 1 heterocycles. The first kappa shape index (κ1) is 14.6. The maximum atomic E-state index is 6.15. The van der Waals surface area contributed by atoms with E-state index in [1.807, 2.05) is 0 Å². The van der Waals surface area contributed by atoms with E-state index < -0.39 is 0 Å². The van der Waals surface area contributed by atoms with Crippen LogP contribution in [0.5, 0.6) is 11.6 Å². The van der Waals surface area contributed by atoms with Gasteiger partial charge in [0.05, 0.1) is 0 Å². The molecule has 21 heavy (non-hydrogen) atoms. The van der Waals surface area contributed by atoms with Crippen LogP contribution >= 0.6 is 23.2 Å². The van der Waals surface area contributed by atoms with Crippen molar-refractivity contribution in [1.82, 2.24) is 10.2 Å². The Balaban J connectivity index is 2.08. The summed E-state index contributed by atoms with van der Waals surface area (Å²) in [5.74, 6) is 1.75. The number of rotatable bonds is 3. The molecule has 0 atom stereocenters. The summed E-state index contributed by atoms with van der Waals surface area (Å²) in [7, 11) is 0. The van der Waals surface area contributed by atoms with Crippen molar-refractivity contribution in [1.29, 1.82) is 0 Å². The third-order valence-electron chi connectivity index (χ3n) is 3.91. The summed E-state index contributed by atoms with van der Waals surface area (Å²) in [4.78, 5) is 0. The quantitative estimate of drug-likeness (QED) is 0.761. The number of halogens is 2. The van der Waals surface area contributed by atoms with Crippen molar-refractivity contribution in [3.63, 3.8) is 0 Å². The zero-order valence-electron chi connectivity index (χ0n) is 12.2. The standard InChI is InChI=1S/C16H16Cl2N2O/c1-8-6-9(2)14(11-4-5-11)15(10(8)3)21-16-12(17)7-13(18)19-20-16/h6-7,11H,4-5H2,1-3H3. The van der Waals surface area contributed by atoms with Crippen LogP contribution in [0.4, 0.5) is 0 Å². The minimum absolute atomic E-state index is 0.256. The van der Waals surface area contributed by atoms with Crippen LogP contribution in [0.1, 0.15) is 41.0 Å². The number of aryl methyl sites for hydroxylation is 2. The smallest absolute Gasteiger partial charge is 0.257 e. The SMILES string of the molecule is Cc1cc(C)c(C2CC2)c(Oc2nnc(Cl)cc2Cl)c1C. The highest BCUT2D eigenvalue weighted by atomic mass is 35.5. The van der Waals surface area contributed by atoms with Crippen molar-refractivity contribution in [2.24, 2.45) is 0 Å². The highest BCUT2D eigenvalue weighted by Crippen LogP contribution is 2.48. The summed E-state index contributed by atoms with van der Waals surface area (Å²) in [6, 6.07) is 3.76. The molecule has 2 aromatic rings. The molecule has 110 valence electrons. The van der Waals surface area contributed by atoms with Gasteiger partial charge in [-0.05, 0) is 56.2 Å². The summed E-state index contributed by atoms with van der Waals surface area (Å²) in [5, 5.41) is 8.39. The van der Waals surface area contributed by atoms with Gasteiger partial charge in [-0.25, -0.2) is 0 Å². The Bertz CT molecular complexity index is 712. The average molecular weight is 323 g/mol. The zero-order valence-corrected chi connectivity index (χ0v) is 13.7. The van der Waals surface area contributed by atoms with Gasteiger partial charge in [-0.15, -0.1) is 10.2 Å². The summed E-state index contributed by atoms with van der Waals surface area (Å²) in [6.07, 6.45) is 2.42. The summed E-state index contributed by atoms with van der Waals surface area (Å²) in [6.45, 7) is 6.27. The van der Waals surface area contributed by atoms with Gasteiger partial charge in [-0.3, -0.25) is 0 Å². The molecule has 0 aliphatic heterocycles. The van der Waals surface area contributed by atoms with Crippen molar-refractivity contribution >= 4 is 23.2 Å². The molecule has 3 rings (SSSR count). The molecule has 1 saturated carbocycles. The van der Waals surface area contributed by atoms with E-state index in [-0.39, 0.29) is 5.15 Å². The molecule has 0 radical (unpaired) electrons. The van der Waals surface area contributed by atoms with E-state index in [9.17, 15) is 0 Å². The third-order valence-corrected chi connectivity index (χ3v) is 4.36. The van der Waals surface area contributed by atoms with Gasteiger partial charge < -0.3 is 4.74 Å². The minimum Gasteiger partial charge on any atom is -0.436 e. The molecular weight excluding hydrogens is 307 g/mol. The molecule has 0 spiro atoms. The highest BCUT2D eigenvalue weighted by molar-refractivity contribution is 6.34. The Morgan fingerprint density at radius 3 is 2.38 bits per heavy atom. The lowest BCUT2D eigenvalue weighted by Gasteiger charge is -2.17. The average Bonchev–Trinajstić information content (AvgIpc) is 3.23. The van der Waals surface area contributed by atoms with Crippen LogP contribution < -0.4 is 4.74 Å². The number of benzene rings is 1. The van der Waals surface area contributed by atoms with Gasteiger partial charge in [0.15, 0.2) is 5.15 Å². The summed E-state index contributed by atoms with van der Waals surface area (Å²) >= 11 is 11.9. The van der Waals surface area contributed by atoms with Crippen molar-refractivity contribution in [3.8, 4) is 11.6 Å². The van der Waals surface area contributed by atoms with Crippen molar-refractivity contribution < 1.29 is 4.74 Å². The van der Waals surface area contributed by atoms with Gasteiger partial charge in [0.1, 0.15) is 10.8 Å². The number of hydrogen-bond acceptors (Lipinski definition) is 3. The molecule has 0 unspecified atom stereocenters. The Kier molecular flexibility index (Phi) is 3.80. The molecule has 1 fully saturated rings. The molecule has 0 bridgehead atoms. The van der Waals surface area contributed by atoms with Gasteiger partial charge >= 0.3 is 0 Å². The second kappa shape index (κ2) is 5.47. The second-order valence-corrected chi connectivity index (χ2v) is 6.37. The third kappa shape index (κ3) is 2.85. The van der Waals surface area contributed by atoms with Gasteiger partial charge in [0, 0.05) is 11.6 Å². The van der Waals surface area contributed by atoms with Crippen LogP contribution in [0.3, 0.4) is 0 Å². The van der Waals surface area contributed by atoms with Gasteiger partial charge in [0.2, 0.25) is 0 Å². The van der Waals surface area contributed by atoms with E-state index in [1.165, 1.54) is 29.5 Å². The Morgan fingerprint density at radius 1 is 1.05 bits per heavy atom. The van der Waals surface area contributed by atoms with Gasteiger partial charge in [0.25, 0.3) is 5.88 Å². The maximum absolute atomic E-state index is 6.15. The monoisotopic (exact) mass is 322 g/mol. The van der Waals surface area contributed by atoms with Crippen LogP contribution in [-0.2, 0) is 0 Å². The molecular formula is C16H16Cl2N2O. The minimum atomic E-state index is 0.256. The Labute approximate surface area is 134 Å². The van der Waals surface area contributed by atoms with E-state index >= 15 is 0 Å². The Hall–Kier alpha value is -1.32. The molecule has 0 saturated heterocycles. The van der Waals surface area contributed by atoms with E-state index in [4.69, 9.17) is 27.9 Å². The van der Waals surface area contributed by atoms with E-state index in [0.29, 0.717) is 16.8 Å². The van der Waals surface area contributed by atoms with E-state index in [1.54, 1.807) is 6.07 Å². The molecule has 1 aliphatic carbocycles. The molecule has 0 amide bonds. The summed E-state index contributed by atoms with van der Waals surface area (Å²) in [5.41, 5.74) is 4.85. The molecule has 0 N–H and O–H groups in total. The zero-order chi connectivity index (χ0) is 15.1. The number of nitrogens with zero attached hydrogens (tertiary/aromatic N) is 2. The highest BCUT2D eigenvalue weighted by Gasteiger charge is 2.30. The van der Waals surface area contributed by atoms with Gasteiger partial charge in [-0.2, -0.15) is 0 Å². The lowest BCUT2D eigenvalue weighted by Crippen LogP contribution is -2.01. The van der Waals surface area contributed by atoms with E-state index in [2.05, 4.69) is 37.0 Å². The van der Waals surface area contributed by atoms with Crippen LogP contribution in [0.25, 0.3) is 0 Å². The van der Waals surface area contributed by atoms with Gasteiger partial charge in [-0.1, -0.05) is 29.3 Å². The van der Waals surface area contributed by atoms with Crippen LogP contribution in [0, 0.1) is 20.8 Å². The molecule has 1 aliphatic rings. The predicted molar refractivity (Wildman–Crippen MR) is 84.8 cm³/mol. The van der Waals surface area contributed by atoms with E-state index in [0.717, 1.165) is 11.3 Å². The number of aromatic nitrogens is 2. The fourth-order valence-corrected chi connectivity index (χ4v) is 2.97. The van der Waals surface area contributed by atoms with Crippen LogP contribution in [0.15, 0.2) is 12.1 Å². The molecule has 1 aromatic carbocycles.